The summed E-state index contributed by atoms with van der Waals surface area (Å²) in [5.41, 5.74) is 1.39. The molecule has 260 valence electrons. The predicted molar refractivity (Wildman–Crippen MR) is 186 cm³/mol. The third-order valence-electron chi connectivity index (χ3n) is 8.31. The number of benzene rings is 4. The summed E-state index contributed by atoms with van der Waals surface area (Å²) in [7, 11) is -4.61. The molecule has 0 fully saturated rings. The van der Waals surface area contributed by atoms with Gasteiger partial charge >= 0.3 is 6.18 Å². The molecule has 0 aliphatic rings. The Kier molecular flexibility index (Phi) is 12.2. The van der Waals surface area contributed by atoms with Crippen molar-refractivity contribution in [3.63, 3.8) is 0 Å². The summed E-state index contributed by atoms with van der Waals surface area (Å²) in [6, 6.07) is 23.5. The Morgan fingerprint density at radius 1 is 0.898 bits per heavy atom. The van der Waals surface area contributed by atoms with Gasteiger partial charge in [0.25, 0.3) is 10.0 Å². The number of aryl methyl sites for hydroxylation is 2. The maximum atomic E-state index is 14.6. The average Bonchev–Trinajstić information content (AvgIpc) is 3.06. The Hall–Kier alpha value is -4.35. The highest BCUT2D eigenvalue weighted by molar-refractivity contribution is 7.92. The first-order valence-electron chi connectivity index (χ1n) is 15.8. The number of halogens is 4. The van der Waals surface area contributed by atoms with Gasteiger partial charge in [-0.25, -0.2) is 8.42 Å². The van der Waals surface area contributed by atoms with E-state index in [-0.39, 0.29) is 23.9 Å². The van der Waals surface area contributed by atoms with Crippen molar-refractivity contribution >= 4 is 39.1 Å². The van der Waals surface area contributed by atoms with Gasteiger partial charge in [-0.1, -0.05) is 90.8 Å². The van der Waals surface area contributed by atoms with Crippen molar-refractivity contribution in [1.29, 1.82) is 0 Å². The number of rotatable bonds is 13. The zero-order valence-electron chi connectivity index (χ0n) is 27.7. The van der Waals surface area contributed by atoms with Gasteiger partial charge in [0.05, 0.1) is 21.2 Å². The van der Waals surface area contributed by atoms with Crippen molar-refractivity contribution in [3.8, 4) is 0 Å². The van der Waals surface area contributed by atoms with E-state index in [9.17, 15) is 31.2 Å². The smallest absolute Gasteiger partial charge is 0.352 e. The van der Waals surface area contributed by atoms with Gasteiger partial charge < -0.3 is 10.2 Å². The van der Waals surface area contributed by atoms with Gasteiger partial charge in [0.2, 0.25) is 11.8 Å². The number of alkyl halides is 3. The number of nitrogens with zero attached hydrogens (tertiary/aromatic N) is 2. The van der Waals surface area contributed by atoms with Crippen LogP contribution in [0.4, 0.5) is 18.9 Å². The molecule has 0 saturated carbocycles. The molecule has 4 aromatic rings. The average molecular weight is 714 g/mol. The SMILES string of the molecule is CC[C@@H](C)NC(=O)[C@@H](Cc1ccccc1)N(Cc1ccccc1C)C(=O)CN(c1ccc(Cl)c(C(F)(F)F)c1)S(=O)(=O)c1ccc(C)cc1. The molecule has 0 heterocycles. The summed E-state index contributed by atoms with van der Waals surface area (Å²) in [4.78, 5) is 29.7. The van der Waals surface area contributed by atoms with Crippen molar-refractivity contribution in [1.82, 2.24) is 10.2 Å². The van der Waals surface area contributed by atoms with Gasteiger partial charge in [0, 0.05) is 19.0 Å². The second-order valence-corrected chi connectivity index (χ2v) is 14.2. The topological polar surface area (TPSA) is 86.8 Å². The molecule has 2 atom stereocenters. The Morgan fingerprint density at radius 3 is 2.14 bits per heavy atom. The van der Waals surface area contributed by atoms with Gasteiger partial charge in [-0.3, -0.25) is 13.9 Å². The first kappa shape index (κ1) is 37.5. The Labute approximate surface area is 290 Å². The molecule has 0 saturated heterocycles. The molecule has 49 heavy (non-hydrogen) atoms. The molecule has 4 aromatic carbocycles. The molecule has 1 N–H and O–H groups in total. The lowest BCUT2D eigenvalue weighted by Gasteiger charge is -2.34. The van der Waals surface area contributed by atoms with Crippen LogP contribution in [0.25, 0.3) is 0 Å². The lowest BCUT2D eigenvalue weighted by Crippen LogP contribution is -2.54. The molecule has 0 bridgehead atoms. The van der Waals surface area contributed by atoms with Gasteiger partial charge in [-0.05, 0) is 74.2 Å². The van der Waals surface area contributed by atoms with E-state index in [1.54, 1.807) is 43.3 Å². The van der Waals surface area contributed by atoms with E-state index >= 15 is 0 Å². The van der Waals surface area contributed by atoms with E-state index in [4.69, 9.17) is 11.6 Å². The summed E-state index contributed by atoms with van der Waals surface area (Å²) in [5, 5.41) is 2.33. The zero-order valence-corrected chi connectivity index (χ0v) is 29.2. The molecule has 12 heteroatoms. The van der Waals surface area contributed by atoms with Crippen molar-refractivity contribution < 1.29 is 31.2 Å². The Bertz CT molecular complexity index is 1870. The number of amides is 2. The molecular formula is C37H39ClF3N3O4S. The van der Waals surface area contributed by atoms with E-state index in [1.165, 1.54) is 17.0 Å². The Morgan fingerprint density at radius 2 is 1.53 bits per heavy atom. The number of hydrogen-bond donors (Lipinski definition) is 1. The van der Waals surface area contributed by atoms with Gasteiger partial charge in [0.1, 0.15) is 12.6 Å². The molecule has 0 aliphatic heterocycles. The molecule has 0 unspecified atom stereocenters. The van der Waals surface area contributed by atoms with E-state index < -0.39 is 56.9 Å². The predicted octanol–water partition coefficient (Wildman–Crippen LogP) is 7.73. The number of carbonyl (C=O) groups excluding carboxylic acids is 2. The third-order valence-corrected chi connectivity index (χ3v) is 10.4. The first-order valence-corrected chi connectivity index (χ1v) is 17.6. The standard InChI is InChI=1S/C37H39ClF3N3O4S/c1-5-27(4)42-36(46)34(21-28-12-7-6-8-13-28)43(23-29-14-10-9-11-26(29)3)35(45)24-44(49(47,48)31-18-15-25(2)16-19-31)30-17-20-33(38)32(22-30)37(39,40)41/h6-20,22,27,34H,5,21,23-24H2,1-4H3,(H,42,46)/t27-,34-/m1/s1. The van der Waals surface area contributed by atoms with Crippen LogP contribution in [0, 0.1) is 13.8 Å². The fourth-order valence-electron chi connectivity index (χ4n) is 5.22. The van der Waals surface area contributed by atoms with Crippen LogP contribution >= 0.6 is 11.6 Å². The lowest BCUT2D eigenvalue weighted by atomic mass is 10.0. The van der Waals surface area contributed by atoms with E-state index in [1.807, 2.05) is 51.1 Å². The van der Waals surface area contributed by atoms with Crippen molar-refractivity contribution in [2.24, 2.45) is 0 Å². The summed E-state index contributed by atoms with van der Waals surface area (Å²) < 4.78 is 71.0. The second-order valence-electron chi connectivity index (χ2n) is 12.0. The minimum absolute atomic E-state index is 0.0657. The number of nitrogens with one attached hydrogen (secondary N) is 1. The van der Waals surface area contributed by atoms with E-state index in [0.717, 1.165) is 28.8 Å². The van der Waals surface area contributed by atoms with Crippen molar-refractivity contribution in [2.75, 3.05) is 10.8 Å². The van der Waals surface area contributed by atoms with Crippen LogP contribution in [0.2, 0.25) is 5.02 Å². The monoisotopic (exact) mass is 713 g/mol. The van der Waals surface area contributed by atoms with E-state index in [0.29, 0.717) is 22.4 Å². The summed E-state index contributed by atoms with van der Waals surface area (Å²) >= 11 is 5.89. The molecule has 7 nitrogen and oxygen atoms in total. The summed E-state index contributed by atoms with van der Waals surface area (Å²) in [6.07, 6.45) is -4.18. The molecule has 2 amide bonds. The van der Waals surface area contributed by atoms with Crippen LogP contribution in [-0.2, 0) is 38.8 Å². The van der Waals surface area contributed by atoms with Crippen LogP contribution in [0.15, 0.2) is 102 Å². The van der Waals surface area contributed by atoms with Crippen LogP contribution in [-0.4, -0.2) is 43.8 Å². The maximum absolute atomic E-state index is 14.6. The maximum Gasteiger partial charge on any atom is 0.417 e. The normalized spacial score (nSPS) is 13.0. The Balaban J connectivity index is 1.88. The fourth-order valence-corrected chi connectivity index (χ4v) is 6.85. The molecule has 0 aliphatic carbocycles. The lowest BCUT2D eigenvalue weighted by molar-refractivity contribution is -0.140. The highest BCUT2D eigenvalue weighted by Crippen LogP contribution is 2.38. The van der Waals surface area contributed by atoms with Crippen LogP contribution in [0.3, 0.4) is 0 Å². The van der Waals surface area contributed by atoms with Crippen LogP contribution in [0.5, 0.6) is 0 Å². The highest BCUT2D eigenvalue weighted by Gasteiger charge is 2.38. The van der Waals surface area contributed by atoms with Gasteiger partial charge in [-0.2, -0.15) is 13.2 Å². The van der Waals surface area contributed by atoms with Crippen LogP contribution in [0.1, 0.15) is 48.1 Å². The number of carbonyl (C=O) groups is 2. The van der Waals surface area contributed by atoms with Crippen molar-refractivity contribution in [3.05, 3.63) is 130 Å². The zero-order chi connectivity index (χ0) is 35.9. The molecule has 0 radical (unpaired) electrons. The van der Waals surface area contributed by atoms with Gasteiger partial charge in [-0.15, -0.1) is 0 Å². The molecule has 0 spiro atoms. The highest BCUT2D eigenvalue weighted by atomic mass is 35.5. The fraction of sp³-hybridized carbons (Fsp3) is 0.297. The minimum Gasteiger partial charge on any atom is -0.352 e. The largest absolute Gasteiger partial charge is 0.417 e. The number of hydrogen-bond acceptors (Lipinski definition) is 4. The number of anilines is 1. The van der Waals surface area contributed by atoms with Gasteiger partial charge in [0.15, 0.2) is 0 Å². The van der Waals surface area contributed by atoms with Crippen molar-refractivity contribution in [2.45, 2.75) is 70.2 Å². The molecular weight excluding hydrogens is 675 g/mol. The molecule has 4 rings (SSSR count). The summed E-state index contributed by atoms with van der Waals surface area (Å²) in [6.45, 7) is 6.38. The second kappa shape index (κ2) is 15.9. The van der Waals surface area contributed by atoms with Crippen LogP contribution < -0.4 is 9.62 Å². The molecule has 0 aromatic heterocycles. The third kappa shape index (κ3) is 9.42. The quantitative estimate of drug-likeness (QED) is 0.154. The summed E-state index contributed by atoms with van der Waals surface area (Å²) in [5.74, 6) is -1.23. The van der Waals surface area contributed by atoms with E-state index in [2.05, 4.69) is 5.32 Å². The minimum atomic E-state index is -4.90. The first-order chi connectivity index (χ1) is 23.1. The number of sulfonamides is 1.